The average Bonchev–Trinajstić information content (AvgIpc) is 2.71. The van der Waals surface area contributed by atoms with Crippen LogP contribution in [0.2, 0.25) is 0 Å². The Morgan fingerprint density at radius 1 is 1.62 bits per heavy atom. The Hall–Kier alpha value is -1.51. The van der Waals surface area contributed by atoms with E-state index in [2.05, 4.69) is 10.1 Å². The SMILES string of the molecule is Cc1nn([C@@H]2CO[C@H](CO)O2)c(=O)[nH]c1=O. The lowest BCUT2D eigenvalue weighted by Crippen LogP contribution is -2.37. The fourth-order valence-electron chi connectivity index (χ4n) is 1.36. The molecule has 0 saturated carbocycles. The summed E-state index contributed by atoms with van der Waals surface area (Å²) in [4.78, 5) is 24.6. The molecule has 0 aromatic carbocycles. The minimum Gasteiger partial charge on any atom is -0.391 e. The van der Waals surface area contributed by atoms with Gasteiger partial charge in [0.15, 0.2) is 12.5 Å². The number of rotatable bonds is 2. The fraction of sp³-hybridized carbons (Fsp3) is 0.625. The summed E-state index contributed by atoms with van der Waals surface area (Å²) in [7, 11) is 0. The van der Waals surface area contributed by atoms with Crippen LogP contribution in [0.15, 0.2) is 9.59 Å². The van der Waals surface area contributed by atoms with Gasteiger partial charge in [-0.3, -0.25) is 9.78 Å². The van der Waals surface area contributed by atoms with E-state index in [1.54, 1.807) is 0 Å². The van der Waals surface area contributed by atoms with Crippen molar-refractivity contribution in [2.45, 2.75) is 19.4 Å². The molecule has 0 bridgehead atoms. The molecule has 1 aromatic rings. The van der Waals surface area contributed by atoms with Crippen LogP contribution in [0.25, 0.3) is 0 Å². The van der Waals surface area contributed by atoms with Crippen molar-refractivity contribution >= 4 is 0 Å². The summed E-state index contributed by atoms with van der Waals surface area (Å²) in [6.45, 7) is 1.28. The van der Waals surface area contributed by atoms with E-state index in [1.807, 2.05) is 0 Å². The monoisotopic (exact) mass is 229 g/mol. The second kappa shape index (κ2) is 4.16. The van der Waals surface area contributed by atoms with Crippen molar-refractivity contribution in [3.05, 3.63) is 26.5 Å². The minimum absolute atomic E-state index is 0.101. The number of ether oxygens (including phenoxy) is 2. The van der Waals surface area contributed by atoms with Gasteiger partial charge in [-0.25, -0.2) is 4.79 Å². The maximum Gasteiger partial charge on any atom is 0.347 e. The lowest BCUT2D eigenvalue weighted by Gasteiger charge is -2.10. The number of nitrogens with one attached hydrogen (secondary N) is 1. The Bertz CT molecular complexity index is 493. The number of H-pyrrole nitrogens is 1. The Labute approximate surface area is 89.4 Å². The van der Waals surface area contributed by atoms with Gasteiger partial charge in [-0.15, -0.1) is 0 Å². The maximum atomic E-state index is 11.4. The van der Waals surface area contributed by atoms with Crippen molar-refractivity contribution in [1.29, 1.82) is 0 Å². The summed E-state index contributed by atoms with van der Waals surface area (Å²) < 4.78 is 11.2. The molecule has 1 aliphatic heterocycles. The minimum atomic E-state index is -0.758. The number of aromatic amines is 1. The highest BCUT2D eigenvalue weighted by Crippen LogP contribution is 2.17. The number of hydrogen-bond acceptors (Lipinski definition) is 6. The average molecular weight is 229 g/mol. The molecule has 1 aromatic heterocycles. The summed E-state index contributed by atoms with van der Waals surface area (Å²) >= 11 is 0. The molecule has 2 N–H and O–H groups in total. The first-order valence-corrected chi connectivity index (χ1v) is 4.69. The van der Waals surface area contributed by atoms with Crippen LogP contribution in [-0.2, 0) is 9.47 Å². The van der Waals surface area contributed by atoms with Gasteiger partial charge in [0.25, 0.3) is 5.56 Å². The quantitative estimate of drug-likeness (QED) is 0.613. The van der Waals surface area contributed by atoms with Gasteiger partial charge in [0, 0.05) is 0 Å². The van der Waals surface area contributed by atoms with Gasteiger partial charge in [0.05, 0.1) is 13.2 Å². The smallest absolute Gasteiger partial charge is 0.347 e. The molecule has 1 saturated heterocycles. The molecule has 0 spiro atoms. The van der Waals surface area contributed by atoms with Crippen molar-refractivity contribution in [2.24, 2.45) is 0 Å². The van der Waals surface area contributed by atoms with Crippen molar-refractivity contribution in [1.82, 2.24) is 14.8 Å². The lowest BCUT2D eigenvalue weighted by atomic mass is 10.5. The van der Waals surface area contributed by atoms with Crippen molar-refractivity contribution < 1.29 is 14.6 Å². The van der Waals surface area contributed by atoms with Crippen LogP contribution in [-0.4, -0.2) is 39.4 Å². The van der Waals surface area contributed by atoms with Crippen molar-refractivity contribution in [3.8, 4) is 0 Å². The maximum absolute atomic E-state index is 11.4. The third-order valence-electron chi connectivity index (χ3n) is 2.17. The third-order valence-corrected chi connectivity index (χ3v) is 2.17. The molecule has 16 heavy (non-hydrogen) atoms. The van der Waals surface area contributed by atoms with Gasteiger partial charge in [-0.1, -0.05) is 0 Å². The number of aryl methyl sites for hydroxylation is 1. The number of aliphatic hydroxyl groups is 1. The summed E-state index contributed by atoms with van der Waals surface area (Å²) in [5.41, 5.74) is -1.03. The first kappa shape index (κ1) is 11.0. The van der Waals surface area contributed by atoms with E-state index in [9.17, 15) is 9.59 Å². The van der Waals surface area contributed by atoms with Crippen LogP contribution in [0.5, 0.6) is 0 Å². The van der Waals surface area contributed by atoms with Crippen LogP contribution < -0.4 is 11.2 Å². The molecule has 0 radical (unpaired) electrons. The molecular weight excluding hydrogens is 218 g/mol. The highest BCUT2D eigenvalue weighted by Gasteiger charge is 2.28. The van der Waals surface area contributed by atoms with Crippen LogP contribution >= 0.6 is 0 Å². The summed E-state index contributed by atoms with van der Waals surface area (Å²) in [6.07, 6.45) is -1.48. The van der Waals surface area contributed by atoms with E-state index in [-0.39, 0.29) is 18.9 Å². The van der Waals surface area contributed by atoms with E-state index in [4.69, 9.17) is 14.6 Å². The molecule has 1 aliphatic rings. The topological polar surface area (TPSA) is 106 Å². The first-order valence-electron chi connectivity index (χ1n) is 4.69. The van der Waals surface area contributed by atoms with Crippen molar-refractivity contribution in [2.75, 3.05) is 13.2 Å². The van der Waals surface area contributed by atoms with E-state index in [0.717, 1.165) is 4.68 Å². The summed E-state index contributed by atoms with van der Waals surface area (Å²) in [5.74, 6) is 0. The molecule has 2 rings (SSSR count). The largest absolute Gasteiger partial charge is 0.391 e. The second-order valence-electron chi connectivity index (χ2n) is 3.33. The van der Waals surface area contributed by atoms with Crippen LogP contribution in [0.3, 0.4) is 0 Å². The molecule has 8 nitrogen and oxygen atoms in total. The van der Waals surface area contributed by atoms with E-state index < -0.39 is 23.8 Å². The van der Waals surface area contributed by atoms with Crippen LogP contribution in [0.4, 0.5) is 0 Å². The zero-order valence-corrected chi connectivity index (χ0v) is 8.54. The van der Waals surface area contributed by atoms with Crippen LogP contribution in [0.1, 0.15) is 11.9 Å². The highest BCUT2D eigenvalue weighted by atomic mass is 16.7. The first-order chi connectivity index (χ1) is 7.61. The number of aliphatic hydroxyl groups excluding tert-OH is 1. The van der Waals surface area contributed by atoms with E-state index >= 15 is 0 Å². The molecule has 2 atom stereocenters. The highest BCUT2D eigenvalue weighted by molar-refractivity contribution is 4.88. The predicted molar refractivity (Wildman–Crippen MR) is 50.8 cm³/mol. The Morgan fingerprint density at radius 3 is 3.00 bits per heavy atom. The van der Waals surface area contributed by atoms with Gasteiger partial charge in [-0.2, -0.15) is 9.78 Å². The molecule has 88 valence electrons. The number of nitrogens with zero attached hydrogens (tertiary/aromatic N) is 2. The summed E-state index contributed by atoms with van der Waals surface area (Å²) in [6, 6.07) is 0. The van der Waals surface area contributed by atoms with Gasteiger partial charge >= 0.3 is 5.69 Å². The Balaban J connectivity index is 2.32. The second-order valence-corrected chi connectivity index (χ2v) is 3.33. The van der Waals surface area contributed by atoms with Crippen molar-refractivity contribution in [3.63, 3.8) is 0 Å². The molecular formula is C8H11N3O5. The Morgan fingerprint density at radius 2 is 2.38 bits per heavy atom. The molecule has 1 fully saturated rings. The van der Waals surface area contributed by atoms with Gasteiger partial charge in [0.2, 0.25) is 0 Å². The zero-order valence-electron chi connectivity index (χ0n) is 8.54. The molecule has 0 unspecified atom stereocenters. The standard InChI is InChI=1S/C8H11N3O5/c1-4-7(13)9-8(14)11(10-4)5-3-15-6(2-12)16-5/h5-6,12H,2-3H2,1H3,(H,9,13,14)/t5-,6-/m0/s1. The van der Waals surface area contributed by atoms with Crippen LogP contribution in [0, 0.1) is 6.92 Å². The van der Waals surface area contributed by atoms with E-state index in [1.165, 1.54) is 6.92 Å². The number of aromatic nitrogens is 3. The molecule has 8 heteroatoms. The third kappa shape index (κ3) is 1.90. The molecule has 0 amide bonds. The predicted octanol–water partition coefficient (Wildman–Crippen LogP) is -1.90. The van der Waals surface area contributed by atoms with E-state index in [0.29, 0.717) is 0 Å². The normalized spacial score (nSPS) is 24.9. The van der Waals surface area contributed by atoms with Gasteiger partial charge < -0.3 is 14.6 Å². The Kier molecular flexibility index (Phi) is 2.86. The molecule has 2 heterocycles. The van der Waals surface area contributed by atoms with Gasteiger partial charge in [-0.05, 0) is 6.92 Å². The summed E-state index contributed by atoms with van der Waals surface area (Å²) in [5, 5.41) is 12.6. The molecule has 0 aliphatic carbocycles. The lowest BCUT2D eigenvalue weighted by molar-refractivity contribution is -0.101. The number of hydrogen-bond donors (Lipinski definition) is 2. The van der Waals surface area contributed by atoms with Gasteiger partial charge in [0.1, 0.15) is 5.69 Å². The zero-order chi connectivity index (χ0) is 11.7. The fourth-order valence-corrected chi connectivity index (χ4v) is 1.36.